The molecule has 3 aliphatic heterocycles. The molecule has 0 unspecified atom stereocenters. The van der Waals surface area contributed by atoms with Gasteiger partial charge in [0.25, 0.3) is 0 Å². The van der Waals surface area contributed by atoms with Gasteiger partial charge in [-0.2, -0.15) is 0 Å². The maximum Gasteiger partial charge on any atom is 0.310 e. The fourth-order valence-corrected chi connectivity index (χ4v) is 15.2. The summed E-state index contributed by atoms with van der Waals surface area (Å²) in [6, 6.07) is 0. The van der Waals surface area contributed by atoms with Crippen LogP contribution in [0.3, 0.4) is 0 Å². The molecule has 0 aromatic rings. The molecule has 3 saturated heterocycles. The lowest BCUT2D eigenvalue weighted by atomic mass is 9.33. The van der Waals surface area contributed by atoms with Crippen LogP contribution in [0.25, 0.3) is 0 Å². The zero-order chi connectivity index (χ0) is 49.7. The number of aliphatic carboxylic acids is 1. The topological polar surface area (TPSA) is 267 Å². The molecule has 8 aliphatic rings. The van der Waals surface area contributed by atoms with Gasteiger partial charge in [0.2, 0.25) is 0 Å². The Morgan fingerprint density at radius 1 is 0.706 bits per heavy atom. The molecule has 18 nitrogen and oxygen atoms in total. The highest BCUT2D eigenvalue weighted by atomic mass is 16.8. The van der Waals surface area contributed by atoms with Gasteiger partial charge in [0.05, 0.1) is 37.4 Å². The highest BCUT2D eigenvalue weighted by molar-refractivity contribution is 5.76. The van der Waals surface area contributed by atoms with Gasteiger partial charge in [0.15, 0.2) is 31.1 Å². The fraction of sp³-hybridized carbons (Fsp3) is 0.900. The first-order chi connectivity index (χ1) is 31.8. The number of carboxylic acid groups (broad SMARTS) is 1. The number of carboxylic acids is 1. The van der Waals surface area contributed by atoms with Gasteiger partial charge in [-0.3, -0.25) is 14.4 Å². The molecule has 3 heterocycles. The molecule has 386 valence electrons. The lowest BCUT2D eigenvalue weighted by molar-refractivity contribution is -0.379. The standard InChI is InChI=1S/C50H78O18/c1-24-34(55)39(67-41-36(57)38(65-26(3)53)30(22-62-41)64-25(2)52)37(58)42(63-24)68-40-35(56)29(54)21-61-43(40)66-33-13-14-46(6)31(47(33,7)23-51)12-15-49(9)32(46)11-10-27-28-20-45(4,5)16-18-50(28,44(59)60)19-17-48(27,49)8/h10,24,28-43,51,54-58H,11-23H2,1-9H3,(H,59,60)/t24-,28+,29-,30-,31-,32+,33+,34-,35-,36+,37+,38-,39+,40+,41-,42-,43-,46+,47-,48+,49+,50-/m0/s1. The third kappa shape index (κ3) is 8.49. The van der Waals surface area contributed by atoms with E-state index in [2.05, 4.69) is 40.7 Å². The molecule has 0 spiro atoms. The Morgan fingerprint density at radius 2 is 1.35 bits per heavy atom. The molecule has 22 atom stereocenters. The van der Waals surface area contributed by atoms with E-state index in [0.717, 1.165) is 58.8 Å². The van der Waals surface area contributed by atoms with E-state index in [0.29, 0.717) is 19.3 Å². The summed E-state index contributed by atoms with van der Waals surface area (Å²) in [7, 11) is 0. The van der Waals surface area contributed by atoms with Crippen molar-refractivity contribution in [1.29, 1.82) is 0 Å². The van der Waals surface area contributed by atoms with Crippen molar-refractivity contribution in [2.45, 2.75) is 213 Å². The summed E-state index contributed by atoms with van der Waals surface area (Å²) in [5.74, 6) is -1.89. The normalized spacial score (nSPS) is 51.1. The summed E-state index contributed by atoms with van der Waals surface area (Å²) in [6.45, 7) is 16.7. The van der Waals surface area contributed by atoms with Crippen LogP contribution in [0.15, 0.2) is 11.6 Å². The Bertz CT molecular complexity index is 1930. The van der Waals surface area contributed by atoms with E-state index in [-0.39, 0.29) is 59.2 Å². The zero-order valence-corrected chi connectivity index (χ0v) is 41.2. The molecule has 0 bridgehead atoms. The highest BCUT2D eigenvalue weighted by Gasteiger charge is 2.70. The van der Waals surface area contributed by atoms with E-state index >= 15 is 0 Å². The fourth-order valence-electron chi connectivity index (χ4n) is 15.2. The quantitative estimate of drug-likeness (QED) is 0.0942. The molecule has 7 N–H and O–H groups in total. The monoisotopic (exact) mass is 967 g/mol. The number of hydrogen-bond acceptors (Lipinski definition) is 17. The first-order valence-corrected chi connectivity index (χ1v) is 24.9. The number of carbonyl (C=O) groups is 3. The van der Waals surface area contributed by atoms with Crippen molar-refractivity contribution in [3.8, 4) is 0 Å². The van der Waals surface area contributed by atoms with Crippen LogP contribution in [0, 0.1) is 50.2 Å². The van der Waals surface area contributed by atoms with Gasteiger partial charge in [-0.05, 0) is 111 Å². The summed E-state index contributed by atoms with van der Waals surface area (Å²) in [5, 5.41) is 78.7. The average Bonchev–Trinajstić information content (AvgIpc) is 3.26. The number of hydrogen-bond donors (Lipinski definition) is 7. The first-order valence-electron chi connectivity index (χ1n) is 24.9. The summed E-state index contributed by atoms with van der Waals surface area (Å²) in [6.07, 6.45) is -9.52. The highest BCUT2D eigenvalue weighted by Crippen LogP contribution is 2.76. The predicted molar refractivity (Wildman–Crippen MR) is 238 cm³/mol. The number of rotatable bonds is 10. The van der Waals surface area contributed by atoms with Gasteiger partial charge in [-0.1, -0.05) is 53.2 Å². The van der Waals surface area contributed by atoms with Crippen molar-refractivity contribution >= 4 is 17.9 Å². The van der Waals surface area contributed by atoms with Crippen LogP contribution in [0.5, 0.6) is 0 Å². The number of aliphatic hydroxyl groups is 6. The number of esters is 2. The predicted octanol–water partition coefficient (Wildman–Crippen LogP) is 3.13. The number of allylic oxidation sites excluding steroid dienone is 2. The second kappa shape index (κ2) is 18.6. The van der Waals surface area contributed by atoms with E-state index in [1.54, 1.807) is 0 Å². The van der Waals surface area contributed by atoms with Gasteiger partial charge >= 0.3 is 17.9 Å². The van der Waals surface area contributed by atoms with Crippen molar-refractivity contribution < 1.29 is 88.0 Å². The van der Waals surface area contributed by atoms with E-state index in [1.165, 1.54) is 12.5 Å². The molecule has 8 rings (SSSR count). The van der Waals surface area contributed by atoms with Crippen molar-refractivity contribution in [3.63, 3.8) is 0 Å². The summed E-state index contributed by atoms with van der Waals surface area (Å²) >= 11 is 0. The number of fused-ring (bicyclic) bond motifs is 7. The largest absolute Gasteiger partial charge is 0.481 e. The molecule has 0 aromatic carbocycles. The van der Waals surface area contributed by atoms with Crippen molar-refractivity contribution in [2.75, 3.05) is 19.8 Å². The van der Waals surface area contributed by atoms with E-state index in [4.69, 9.17) is 37.9 Å². The summed E-state index contributed by atoms with van der Waals surface area (Å²) < 4.78 is 47.1. The van der Waals surface area contributed by atoms with E-state index in [1.807, 2.05) is 6.92 Å². The van der Waals surface area contributed by atoms with Crippen LogP contribution in [-0.4, -0.2) is 159 Å². The molecule has 68 heavy (non-hydrogen) atoms. The van der Waals surface area contributed by atoms with Gasteiger partial charge in [-0.15, -0.1) is 0 Å². The van der Waals surface area contributed by atoms with Crippen LogP contribution in [0.4, 0.5) is 0 Å². The van der Waals surface area contributed by atoms with Gasteiger partial charge in [0, 0.05) is 19.3 Å². The van der Waals surface area contributed by atoms with Gasteiger partial charge in [-0.25, -0.2) is 0 Å². The second-order valence-corrected chi connectivity index (χ2v) is 23.6. The Morgan fingerprint density at radius 3 is 2.01 bits per heavy atom. The number of aliphatic hydroxyl groups excluding tert-OH is 6. The molecule has 5 aliphatic carbocycles. The van der Waals surface area contributed by atoms with Crippen molar-refractivity contribution in [1.82, 2.24) is 0 Å². The smallest absolute Gasteiger partial charge is 0.310 e. The molecular weight excluding hydrogens is 889 g/mol. The maximum atomic E-state index is 13.2. The minimum Gasteiger partial charge on any atom is -0.481 e. The van der Waals surface area contributed by atoms with Gasteiger partial charge in [0.1, 0.15) is 42.7 Å². The van der Waals surface area contributed by atoms with Crippen molar-refractivity contribution in [2.24, 2.45) is 50.2 Å². The summed E-state index contributed by atoms with van der Waals surface area (Å²) in [4.78, 5) is 36.8. The van der Waals surface area contributed by atoms with Gasteiger partial charge < -0.3 is 73.6 Å². The SMILES string of the molecule is CC(=O)O[C@@H]1[C@@H](O)[C@H](O[C@@H]2[C@@H](O)[C@H](C)O[C@@H](O[C@H]3[C@H](O[C@@H]4CC[C@]5(C)[C@H](CC[C@]6(C)[C@@H]5CC=C5[C@H]7CC(C)(C)CC[C@]7(C(=O)O)CC[C@]56C)[C@]4(C)CO)OC[C@H](O)[C@@H]3O)[C@@H]2O)OC[C@@H]1OC(C)=O. The van der Waals surface area contributed by atoms with Crippen LogP contribution in [-0.2, 0) is 52.3 Å². The Kier molecular flexibility index (Phi) is 14.2. The number of carbonyl (C=O) groups excluding carboxylic acids is 2. The lowest BCUT2D eigenvalue weighted by Crippen LogP contribution is -2.67. The molecule has 0 radical (unpaired) electrons. The average molecular weight is 967 g/mol. The third-order valence-corrected chi connectivity index (χ3v) is 19.3. The minimum absolute atomic E-state index is 0.00715. The molecule has 4 saturated carbocycles. The minimum atomic E-state index is -1.79. The molecule has 18 heteroatoms. The Balaban J connectivity index is 1.00. The maximum absolute atomic E-state index is 13.2. The van der Waals surface area contributed by atoms with Crippen LogP contribution in [0.2, 0.25) is 0 Å². The molecular formula is C50H78O18. The zero-order valence-electron chi connectivity index (χ0n) is 41.2. The van der Waals surface area contributed by atoms with E-state index < -0.39 is 115 Å². The number of ether oxygens (including phenoxy) is 8. The van der Waals surface area contributed by atoms with Crippen LogP contribution in [0.1, 0.15) is 127 Å². The van der Waals surface area contributed by atoms with Crippen LogP contribution >= 0.6 is 0 Å². The third-order valence-electron chi connectivity index (χ3n) is 19.3. The summed E-state index contributed by atoms with van der Waals surface area (Å²) in [5.41, 5.74) is -0.641. The molecule has 0 aromatic heterocycles. The Labute approximate surface area is 399 Å². The molecule has 7 fully saturated rings. The molecule has 0 amide bonds. The first kappa shape index (κ1) is 52.0. The van der Waals surface area contributed by atoms with E-state index in [9.17, 15) is 50.1 Å². The lowest BCUT2D eigenvalue weighted by Gasteiger charge is -2.71. The van der Waals surface area contributed by atoms with Crippen LogP contribution < -0.4 is 0 Å². The van der Waals surface area contributed by atoms with Crippen molar-refractivity contribution in [3.05, 3.63) is 11.6 Å². The second-order valence-electron chi connectivity index (χ2n) is 23.6. The Hall–Kier alpha value is -2.33.